The van der Waals surface area contributed by atoms with Gasteiger partial charge >= 0.3 is 0 Å². The number of nitrogens with one attached hydrogen (secondary N) is 1. The van der Waals surface area contributed by atoms with E-state index in [-0.39, 0.29) is 24.0 Å². The van der Waals surface area contributed by atoms with E-state index in [0.29, 0.717) is 19.3 Å². The van der Waals surface area contributed by atoms with Gasteiger partial charge in [-0.2, -0.15) is 0 Å². The highest BCUT2D eigenvalue weighted by Crippen LogP contribution is 2.19. The summed E-state index contributed by atoms with van der Waals surface area (Å²) in [4.78, 5) is 6.95. The number of benzene rings is 2. The minimum absolute atomic E-state index is 0. The van der Waals surface area contributed by atoms with Crippen LogP contribution in [0.3, 0.4) is 0 Å². The predicted octanol–water partition coefficient (Wildman–Crippen LogP) is 4.61. The molecule has 1 fully saturated rings. The Labute approximate surface area is 209 Å². The second kappa shape index (κ2) is 14.3. The molecule has 6 nitrogen and oxygen atoms in total. The third kappa shape index (κ3) is 8.26. The molecule has 0 saturated carbocycles. The maximum atomic E-state index is 6.01. The van der Waals surface area contributed by atoms with Gasteiger partial charge in [0.2, 0.25) is 0 Å². The van der Waals surface area contributed by atoms with Crippen LogP contribution in [-0.2, 0) is 29.2 Å². The van der Waals surface area contributed by atoms with Crippen molar-refractivity contribution in [3.63, 3.8) is 0 Å². The van der Waals surface area contributed by atoms with Crippen molar-refractivity contribution in [3.8, 4) is 5.75 Å². The lowest BCUT2D eigenvalue weighted by atomic mass is 10.1. The van der Waals surface area contributed by atoms with Crippen LogP contribution < -0.4 is 10.1 Å². The highest BCUT2D eigenvalue weighted by Gasteiger charge is 2.14. The van der Waals surface area contributed by atoms with Crippen LogP contribution >= 0.6 is 24.0 Å². The van der Waals surface area contributed by atoms with E-state index in [2.05, 4.69) is 47.5 Å². The summed E-state index contributed by atoms with van der Waals surface area (Å²) >= 11 is 0. The van der Waals surface area contributed by atoms with E-state index in [9.17, 15) is 0 Å². The molecule has 176 valence electrons. The number of hydrogen-bond donors (Lipinski definition) is 1. The highest BCUT2D eigenvalue weighted by atomic mass is 127. The van der Waals surface area contributed by atoms with Gasteiger partial charge in [0, 0.05) is 38.9 Å². The molecule has 1 heterocycles. The second-order valence-electron chi connectivity index (χ2n) is 7.78. The molecule has 1 aliphatic heterocycles. The van der Waals surface area contributed by atoms with E-state index >= 15 is 0 Å². The van der Waals surface area contributed by atoms with E-state index in [4.69, 9.17) is 19.2 Å². The van der Waals surface area contributed by atoms with E-state index in [0.717, 1.165) is 56.4 Å². The summed E-state index contributed by atoms with van der Waals surface area (Å²) in [5.41, 5.74) is 3.50. The van der Waals surface area contributed by atoms with Gasteiger partial charge in [-0.05, 0) is 37.0 Å². The van der Waals surface area contributed by atoms with Crippen molar-refractivity contribution in [1.82, 2.24) is 10.2 Å². The van der Waals surface area contributed by atoms with Crippen LogP contribution in [0.4, 0.5) is 0 Å². The number of guanidine groups is 1. The van der Waals surface area contributed by atoms with Gasteiger partial charge in [0.1, 0.15) is 5.75 Å². The van der Waals surface area contributed by atoms with E-state index in [1.165, 1.54) is 11.1 Å². The van der Waals surface area contributed by atoms with Crippen LogP contribution in [0.1, 0.15) is 36.5 Å². The van der Waals surface area contributed by atoms with Crippen molar-refractivity contribution in [3.05, 3.63) is 65.2 Å². The SMILES string of the molecule is CCNC(=NCc1ccc(COC2CCOCC2)cc1)N(C)Cc1ccccc1OC.I. The van der Waals surface area contributed by atoms with Crippen molar-refractivity contribution < 1.29 is 14.2 Å². The van der Waals surface area contributed by atoms with Crippen LogP contribution in [0.2, 0.25) is 0 Å². The summed E-state index contributed by atoms with van der Waals surface area (Å²) in [5, 5.41) is 3.38. The van der Waals surface area contributed by atoms with Gasteiger partial charge < -0.3 is 24.4 Å². The first-order chi connectivity index (χ1) is 15.2. The molecule has 0 amide bonds. The Morgan fingerprint density at radius 1 is 1.09 bits per heavy atom. The van der Waals surface area contributed by atoms with Crippen molar-refractivity contribution in [2.75, 3.05) is 33.9 Å². The third-order valence-corrected chi connectivity index (χ3v) is 5.38. The fourth-order valence-electron chi connectivity index (χ4n) is 3.60. The lowest BCUT2D eigenvalue weighted by Crippen LogP contribution is -2.38. The minimum Gasteiger partial charge on any atom is -0.496 e. The van der Waals surface area contributed by atoms with Gasteiger partial charge in [0.25, 0.3) is 0 Å². The molecule has 32 heavy (non-hydrogen) atoms. The molecular formula is C25H36IN3O3. The molecule has 7 heteroatoms. The molecule has 0 radical (unpaired) electrons. The van der Waals surface area contributed by atoms with E-state index < -0.39 is 0 Å². The van der Waals surface area contributed by atoms with Crippen LogP contribution in [0.5, 0.6) is 5.75 Å². The zero-order valence-corrected chi connectivity index (χ0v) is 21.7. The van der Waals surface area contributed by atoms with Crippen molar-refractivity contribution >= 4 is 29.9 Å². The van der Waals surface area contributed by atoms with Crippen LogP contribution in [0.15, 0.2) is 53.5 Å². The molecule has 0 atom stereocenters. The standard InChI is InChI=1S/C25H35N3O3.HI/c1-4-26-25(28(2)18-22-7-5-6-8-24(22)29-3)27-17-20-9-11-21(12-10-20)19-31-23-13-15-30-16-14-23;/h5-12,23H,4,13-19H2,1-3H3,(H,26,27);1H. The van der Waals surface area contributed by atoms with Gasteiger partial charge in [0.05, 0.1) is 26.4 Å². The Morgan fingerprint density at radius 3 is 2.47 bits per heavy atom. The molecule has 0 bridgehead atoms. The minimum atomic E-state index is 0. The summed E-state index contributed by atoms with van der Waals surface area (Å²) in [6, 6.07) is 16.6. The molecule has 0 aromatic heterocycles. The first-order valence-electron chi connectivity index (χ1n) is 11.1. The van der Waals surface area contributed by atoms with Gasteiger partial charge in [-0.15, -0.1) is 24.0 Å². The molecule has 0 unspecified atom stereocenters. The molecule has 1 N–H and O–H groups in total. The number of halogens is 1. The summed E-state index contributed by atoms with van der Waals surface area (Å²) in [5.74, 6) is 1.77. The second-order valence-corrected chi connectivity index (χ2v) is 7.78. The highest BCUT2D eigenvalue weighted by molar-refractivity contribution is 14.0. The lowest BCUT2D eigenvalue weighted by molar-refractivity contribution is -0.0390. The van der Waals surface area contributed by atoms with E-state index in [1.807, 2.05) is 25.2 Å². The summed E-state index contributed by atoms with van der Waals surface area (Å²) in [7, 11) is 3.75. The van der Waals surface area contributed by atoms with Crippen LogP contribution in [0, 0.1) is 0 Å². The molecule has 0 aliphatic carbocycles. The molecule has 1 saturated heterocycles. The van der Waals surface area contributed by atoms with Gasteiger partial charge in [-0.25, -0.2) is 4.99 Å². The normalized spacial score (nSPS) is 14.5. The smallest absolute Gasteiger partial charge is 0.194 e. The number of para-hydroxylation sites is 1. The Hall–Kier alpha value is -1.84. The molecule has 2 aromatic carbocycles. The maximum Gasteiger partial charge on any atom is 0.194 e. The fourth-order valence-corrected chi connectivity index (χ4v) is 3.60. The quantitative estimate of drug-likeness (QED) is 0.280. The lowest BCUT2D eigenvalue weighted by Gasteiger charge is -2.23. The molecule has 2 aromatic rings. The Morgan fingerprint density at radius 2 is 1.78 bits per heavy atom. The molecular weight excluding hydrogens is 517 g/mol. The third-order valence-electron chi connectivity index (χ3n) is 5.38. The van der Waals surface area contributed by atoms with Gasteiger partial charge in [0.15, 0.2) is 5.96 Å². The topological polar surface area (TPSA) is 55.3 Å². The fraction of sp³-hybridized carbons (Fsp3) is 0.480. The molecule has 3 rings (SSSR count). The number of rotatable bonds is 9. The summed E-state index contributed by atoms with van der Waals surface area (Å²) in [6.45, 7) is 6.51. The Kier molecular flexibility index (Phi) is 11.8. The van der Waals surface area contributed by atoms with Crippen molar-refractivity contribution in [2.24, 2.45) is 4.99 Å². The summed E-state index contributed by atoms with van der Waals surface area (Å²) < 4.78 is 16.9. The number of aliphatic imine (C=N–C) groups is 1. The van der Waals surface area contributed by atoms with Gasteiger partial charge in [-0.3, -0.25) is 0 Å². The predicted molar refractivity (Wildman–Crippen MR) is 140 cm³/mol. The van der Waals surface area contributed by atoms with E-state index in [1.54, 1.807) is 7.11 Å². The van der Waals surface area contributed by atoms with Gasteiger partial charge in [-0.1, -0.05) is 42.5 Å². The first-order valence-corrected chi connectivity index (χ1v) is 11.1. The number of ether oxygens (including phenoxy) is 3. The van der Waals surface area contributed by atoms with Crippen LogP contribution in [-0.4, -0.2) is 50.9 Å². The first kappa shape index (κ1) is 26.4. The molecule has 1 aliphatic rings. The zero-order valence-electron chi connectivity index (χ0n) is 19.4. The Balaban J connectivity index is 0.00000363. The number of nitrogens with zero attached hydrogens (tertiary/aromatic N) is 2. The van der Waals surface area contributed by atoms with Crippen molar-refractivity contribution in [2.45, 2.75) is 45.6 Å². The average molecular weight is 553 g/mol. The molecule has 0 spiro atoms. The monoisotopic (exact) mass is 553 g/mol. The number of hydrogen-bond acceptors (Lipinski definition) is 4. The largest absolute Gasteiger partial charge is 0.496 e. The number of methoxy groups -OCH3 is 1. The van der Waals surface area contributed by atoms with Crippen LogP contribution in [0.25, 0.3) is 0 Å². The maximum absolute atomic E-state index is 6.01. The zero-order chi connectivity index (χ0) is 21.9. The van der Waals surface area contributed by atoms with Crippen molar-refractivity contribution in [1.29, 1.82) is 0 Å². The summed E-state index contributed by atoms with van der Waals surface area (Å²) in [6.07, 6.45) is 2.30. The Bertz CT molecular complexity index is 823. The average Bonchev–Trinajstić information content (AvgIpc) is 2.82.